The molecule has 1 aromatic carbocycles. The van der Waals surface area contributed by atoms with Crippen LogP contribution in [0.25, 0.3) is 0 Å². The monoisotopic (exact) mass is 215 g/mol. The van der Waals surface area contributed by atoms with Crippen molar-refractivity contribution in [2.24, 2.45) is 5.73 Å². The van der Waals surface area contributed by atoms with Gasteiger partial charge in [0.2, 0.25) is 0 Å². The van der Waals surface area contributed by atoms with Crippen molar-refractivity contribution in [3.63, 3.8) is 0 Å². The molecular weight excluding hydrogens is 198 g/mol. The van der Waals surface area contributed by atoms with Gasteiger partial charge in [0.05, 0.1) is 0 Å². The summed E-state index contributed by atoms with van der Waals surface area (Å²) < 4.78 is 0. The molecule has 0 radical (unpaired) electrons. The molecule has 1 atom stereocenters. The number of rotatable bonds is 3. The Hall–Kier alpha value is -0.570. The fraction of sp³-hybridized carbons (Fsp3) is 0.455. The third kappa shape index (κ3) is 3.29. The molecule has 1 rings (SSSR count). The summed E-state index contributed by atoms with van der Waals surface area (Å²) in [7, 11) is 0. The second-order valence-electron chi connectivity index (χ2n) is 3.48. The summed E-state index contributed by atoms with van der Waals surface area (Å²) in [5, 5.41) is 8.76. The van der Waals surface area contributed by atoms with E-state index in [0.717, 1.165) is 5.56 Å². The fourth-order valence-corrected chi connectivity index (χ4v) is 1.54. The molecular formula is C11H18ClNO. The summed E-state index contributed by atoms with van der Waals surface area (Å²) in [6.45, 7) is 4.27. The molecule has 0 fully saturated rings. The highest BCUT2D eigenvalue weighted by Crippen LogP contribution is 2.18. The fourth-order valence-electron chi connectivity index (χ4n) is 1.54. The van der Waals surface area contributed by atoms with Gasteiger partial charge >= 0.3 is 0 Å². The lowest BCUT2D eigenvalue weighted by Gasteiger charge is -2.13. The third-order valence-electron chi connectivity index (χ3n) is 2.26. The van der Waals surface area contributed by atoms with Crippen LogP contribution in [0.5, 0.6) is 0 Å². The maximum atomic E-state index is 8.76. The number of benzene rings is 1. The van der Waals surface area contributed by atoms with Gasteiger partial charge in [0.1, 0.15) is 0 Å². The van der Waals surface area contributed by atoms with Crippen LogP contribution in [0, 0.1) is 13.8 Å². The first-order valence-corrected chi connectivity index (χ1v) is 4.58. The van der Waals surface area contributed by atoms with Crippen molar-refractivity contribution < 1.29 is 5.11 Å². The normalized spacial score (nSPS) is 12.0. The van der Waals surface area contributed by atoms with Crippen LogP contribution in [0.15, 0.2) is 18.2 Å². The highest BCUT2D eigenvalue weighted by molar-refractivity contribution is 5.85. The number of aliphatic hydroxyl groups excluding tert-OH is 1. The highest BCUT2D eigenvalue weighted by atomic mass is 35.5. The van der Waals surface area contributed by atoms with Crippen molar-refractivity contribution in [1.29, 1.82) is 0 Å². The van der Waals surface area contributed by atoms with Gasteiger partial charge in [-0.05, 0) is 31.4 Å². The van der Waals surface area contributed by atoms with E-state index in [0.29, 0.717) is 6.42 Å². The molecule has 0 bridgehead atoms. The molecule has 3 N–H and O–H groups in total. The topological polar surface area (TPSA) is 46.2 Å². The van der Waals surface area contributed by atoms with Gasteiger partial charge in [-0.3, -0.25) is 0 Å². The van der Waals surface area contributed by atoms with Crippen LogP contribution in [0.2, 0.25) is 0 Å². The Kier molecular flexibility index (Phi) is 5.77. The third-order valence-corrected chi connectivity index (χ3v) is 2.26. The molecule has 14 heavy (non-hydrogen) atoms. The number of aryl methyl sites for hydroxylation is 2. The molecule has 0 saturated carbocycles. The van der Waals surface area contributed by atoms with E-state index in [4.69, 9.17) is 10.8 Å². The van der Waals surface area contributed by atoms with Crippen LogP contribution in [0.4, 0.5) is 0 Å². The number of nitrogens with two attached hydrogens (primary N) is 1. The Balaban J connectivity index is 0.00000169. The average molecular weight is 216 g/mol. The lowest BCUT2D eigenvalue weighted by molar-refractivity contribution is 0.276. The van der Waals surface area contributed by atoms with Crippen molar-refractivity contribution in [2.45, 2.75) is 26.3 Å². The van der Waals surface area contributed by atoms with E-state index in [-0.39, 0.29) is 25.1 Å². The van der Waals surface area contributed by atoms with Crippen molar-refractivity contribution in [2.75, 3.05) is 6.61 Å². The molecule has 0 aliphatic rings. The smallest absolute Gasteiger partial charge is 0.0449 e. The summed E-state index contributed by atoms with van der Waals surface area (Å²) in [6.07, 6.45) is 0.629. The molecule has 0 heterocycles. The Morgan fingerprint density at radius 3 is 2.50 bits per heavy atom. The molecule has 0 spiro atoms. The quantitative estimate of drug-likeness (QED) is 0.812. The van der Waals surface area contributed by atoms with Gasteiger partial charge in [0.15, 0.2) is 0 Å². The lowest BCUT2D eigenvalue weighted by atomic mass is 9.98. The van der Waals surface area contributed by atoms with E-state index in [1.165, 1.54) is 11.1 Å². The highest BCUT2D eigenvalue weighted by Gasteiger charge is 2.07. The molecule has 0 aromatic heterocycles. The lowest BCUT2D eigenvalue weighted by Crippen LogP contribution is -2.13. The number of halogens is 1. The molecule has 1 aromatic rings. The Morgan fingerprint density at radius 2 is 2.00 bits per heavy atom. The first-order chi connectivity index (χ1) is 6.15. The van der Waals surface area contributed by atoms with Crippen LogP contribution in [-0.4, -0.2) is 11.7 Å². The van der Waals surface area contributed by atoms with Gasteiger partial charge in [0.25, 0.3) is 0 Å². The maximum Gasteiger partial charge on any atom is 0.0449 e. The van der Waals surface area contributed by atoms with Crippen LogP contribution < -0.4 is 5.73 Å². The first kappa shape index (κ1) is 13.4. The minimum absolute atomic E-state index is 0. The predicted molar refractivity (Wildman–Crippen MR) is 61.8 cm³/mol. The van der Waals surface area contributed by atoms with Gasteiger partial charge in [-0.25, -0.2) is 0 Å². The standard InChI is InChI=1S/C11H17NO.ClH/c1-8-3-4-10(9(2)7-8)11(12)5-6-13;/h3-4,7,11,13H,5-6,12H2,1-2H3;1H. The summed E-state index contributed by atoms with van der Waals surface area (Å²) in [6, 6.07) is 6.18. The Labute approximate surface area is 91.5 Å². The second-order valence-corrected chi connectivity index (χ2v) is 3.48. The van der Waals surface area contributed by atoms with E-state index >= 15 is 0 Å². The predicted octanol–water partition coefficient (Wildman–Crippen LogP) is 2.11. The van der Waals surface area contributed by atoms with E-state index in [9.17, 15) is 0 Å². The van der Waals surface area contributed by atoms with Gasteiger partial charge in [-0.1, -0.05) is 23.8 Å². The molecule has 2 nitrogen and oxygen atoms in total. The summed E-state index contributed by atoms with van der Waals surface area (Å²) >= 11 is 0. The van der Waals surface area contributed by atoms with Crippen LogP contribution in [0.3, 0.4) is 0 Å². The zero-order chi connectivity index (χ0) is 9.84. The van der Waals surface area contributed by atoms with Gasteiger partial charge in [-0.15, -0.1) is 12.4 Å². The number of aliphatic hydroxyl groups is 1. The van der Waals surface area contributed by atoms with Gasteiger partial charge in [-0.2, -0.15) is 0 Å². The number of hydrogen-bond donors (Lipinski definition) is 2. The van der Waals surface area contributed by atoms with Crippen molar-refractivity contribution in [3.8, 4) is 0 Å². The van der Waals surface area contributed by atoms with E-state index < -0.39 is 0 Å². The van der Waals surface area contributed by atoms with Gasteiger partial charge < -0.3 is 10.8 Å². The van der Waals surface area contributed by atoms with E-state index in [2.05, 4.69) is 26.0 Å². The Bertz CT molecular complexity index is 289. The zero-order valence-corrected chi connectivity index (χ0v) is 9.47. The molecule has 0 saturated heterocycles. The summed E-state index contributed by atoms with van der Waals surface area (Å²) in [4.78, 5) is 0. The molecule has 1 unspecified atom stereocenters. The Morgan fingerprint density at radius 1 is 1.36 bits per heavy atom. The minimum atomic E-state index is -0.0365. The van der Waals surface area contributed by atoms with Gasteiger partial charge in [0, 0.05) is 12.6 Å². The van der Waals surface area contributed by atoms with E-state index in [1.807, 2.05) is 6.07 Å². The summed E-state index contributed by atoms with van der Waals surface area (Å²) in [5.74, 6) is 0. The molecule has 0 amide bonds. The van der Waals surface area contributed by atoms with Crippen molar-refractivity contribution in [3.05, 3.63) is 34.9 Å². The molecule has 80 valence electrons. The van der Waals surface area contributed by atoms with E-state index in [1.54, 1.807) is 0 Å². The molecule has 0 aliphatic carbocycles. The van der Waals surface area contributed by atoms with Crippen LogP contribution in [-0.2, 0) is 0 Å². The maximum absolute atomic E-state index is 8.76. The zero-order valence-electron chi connectivity index (χ0n) is 8.66. The van der Waals surface area contributed by atoms with Crippen LogP contribution >= 0.6 is 12.4 Å². The minimum Gasteiger partial charge on any atom is -0.396 e. The largest absolute Gasteiger partial charge is 0.396 e. The SMILES string of the molecule is Cc1ccc(C(N)CCO)c(C)c1.Cl. The van der Waals surface area contributed by atoms with Crippen LogP contribution in [0.1, 0.15) is 29.2 Å². The molecule has 3 heteroatoms. The van der Waals surface area contributed by atoms with Crippen molar-refractivity contribution >= 4 is 12.4 Å². The first-order valence-electron chi connectivity index (χ1n) is 4.58. The summed E-state index contributed by atoms with van der Waals surface area (Å²) in [5.41, 5.74) is 9.49. The molecule has 0 aliphatic heterocycles. The average Bonchev–Trinajstić information content (AvgIpc) is 2.04. The van der Waals surface area contributed by atoms with Crippen molar-refractivity contribution in [1.82, 2.24) is 0 Å². The number of hydrogen-bond acceptors (Lipinski definition) is 2. The second kappa shape index (κ2) is 6.02.